The number of hydrogen-bond acceptors (Lipinski definition) is 4. The number of amides is 1. The van der Waals surface area contributed by atoms with E-state index in [9.17, 15) is 9.59 Å². The molecule has 126 valence electrons. The van der Waals surface area contributed by atoms with E-state index in [0.29, 0.717) is 22.2 Å². The minimum atomic E-state index is -1.06. The van der Waals surface area contributed by atoms with Crippen molar-refractivity contribution in [2.45, 2.75) is 13.0 Å². The number of anilines is 1. The highest BCUT2D eigenvalue weighted by Gasteiger charge is 2.15. The molecule has 0 saturated carbocycles. The van der Waals surface area contributed by atoms with Gasteiger partial charge in [-0.2, -0.15) is 0 Å². The van der Waals surface area contributed by atoms with E-state index in [1.807, 2.05) is 0 Å². The molecule has 2 N–H and O–H groups in total. The fourth-order valence-electron chi connectivity index (χ4n) is 1.82. The molecule has 0 aromatic heterocycles. The summed E-state index contributed by atoms with van der Waals surface area (Å²) in [4.78, 5) is 22.6. The topological polar surface area (TPSA) is 84.9 Å². The Labute approximate surface area is 144 Å². The quantitative estimate of drug-likeness (QED) is 0.801. The van der Waals surface area contributed by atoms with Crippen molar-refractivity contribution in [3.8, 4) is 11.5 Å². The van der Waals surface area contributed by atoms with Gasteiger partial charge in [0.1, 0.15) is 11.5 Å². The molecule has 0 unspecified atom stereocenters. The van der Waals surface area contributed by atoms with Crippen molar-refractivity contribution in [2.24, 2.45) is 0 Å². The minimum absolute atomic E-state index is 0.325. The number of rotatable bonds is 7. The van der Waals surface area contributed by atoms with E-state index in [4.69, 9.17) is 26.2 Å². The summed E-state index contributed by atoms with van der Waals surface area (Å²) in [5.41, 5.74) is 0.546. The first-order chi connectivity index (χ1) is 11.4. The van der Waals surface area contributed by atoms with E-state index >= 15 is 0 Å². The van der Waals surface area contributed by atoms with Crippen LogP contribution in [-0.4, -0.2) is 29.7 Å². The second-order valence-electron chi connectivity index (χ2n) is 4.91. The molecule has 0 spiro atoms. The fourth-order valence-corrected chi connectivity index (χ4v) is 2.00. The number of carbonyl (C=O) groups excluding carboxylic acids is 1. The zero-order valence-electron chi connectivity index (χ0n) is 12.9. The van der Waals surface area contributed by atoms with Crippen LogP contribution in [0.3, 0.4) is 0 Å². The molecule has 0 radical (unpaired) electrons. The molecular formula is C17H16ClNO5. The molecule has 6 nitrogen and oxygen atoms in total. The van der Waals surface area contributed by atoms with Crippen molar-refractivity contribution < 1.29 is 24.2 Å². The number of ether oxygens (including phenoxy) is 2. The first kappa shape index (κ1) is 17.6. The number of carboxylic acids is 1. The summed E-state index contributed by atoms with van der Waals surface area (Å²) in [6.07, 6.45) is -0.716. The predicted octanol–water partition coefficient (Wildman–Crippen LogP) is 3.21. The van der Waals surface area contributed by atoms with Crippen molar-refractivity contribution >= 4 is 29.2 Å². The molecule has 2 aromatic rings. The number of carbonyl (C=O) groups is 2. The molecule has 0 aliphatic carbocycles. The SMILES string of the molecule is C[C@H](Oc1cccc(Cl)c1)C(=O)Nc1ccc(OCC(=O)O)cc1. The molecule has 0 bridgehead atoms. The predicted molar refractivity (Wildman–Crippen MR) is 89.7 cm³/mol. The lowest BCUT2D eigenvalue weighted by Gasteiger charge is -2.15. The van der Waals surface area contributed by atoms with Crippen molar-refractivity contribution in [3.05, 3.63) is 53.6 Å². The number of nitrogens with one attached hydrogen (secondary N) is 1. The van der Waals surface area contributed by atoms with Crippen LogP contribution < -0.4 is 14.8 Å². The van der Waals surface area contributed by atoms with Gasteiger partial charge in [0.2, 0.25) is 0 Å². The minimum Gasteiger partial charge on any atom is -0.482 e. The number of hydrogen-bond donors (Lipinski definition) is 2. The van der Waals surface area contributed by atoms with Gasteiger partial charge in [0.15, 0.2) is 12.7 Å². The Morgan fingerprint density at radius 2 is 1.88 bits per heavy atom. The second kappa shape index (κ2) is 8.21. The van der Waals surface area contributed by atoms with Crippen LogP contribution in [0.1, 0.15) is 6.92 Å². The highest BCUT2D eigenvalue weighted by molar-refractivity contribution is 6.30. The van der Waals surface area contributed by atoms with Gasteiger partial charge in [-0.05, 0) is 49.4 Å². The molecule has 1 atom stereocenters. The first-order valence-electron chi connectivity index (χ1n) is 7.12. The largest absolute Gasteiger partial charge is 0.482 e. The van der Waals surface area contributed by atoms with Crippen LogP contribution in [0, 0.1) is 0 Å². The third-order valence-corrected chi connectivity index (χ3v) is 3.20. The fraction of sp³-hybridized carbons (Fsp3) is 0.176. The Balaban J connectivity index is 1.90. The molecule has 0 aliphatic heterocycles. The van der Waals surface area contributed by atoms with E-state index in [0.717, 1.165) is 0 Å². The highest BCUT2D eigenvalue weighted by atomic mass is 35.5. The van der Waals surface area contributed by atoms with Crippen LogP contribution in [-0.2, 0) is 9.59 Å². The molecule has 2 rings (SSSR count). The van der Waals surface area contributed by atoms with Crippen molar-refractivity contribution in [1.29, 1.82) is 0 Å². The first-order valence-corrected chi connectivity index (χ1v) is 7.49. The smallest absolute Gasteiger partial charge is 0.341 e. The Morgan fingerprint density at radius 3 is 2.50 bits per heavy atom. The van der Waals surface area contributed by atoms with Gasteiger partial charge in [0, 0.05) is 10.7 Å². The van der Waals surface area contributed by atoms with Gasteiger partial charge in [0.05, 0.1) is 0 Å². The molecule has 24 heavy (non-hydrogen) atoms. The molecule has 0 saturated heterocycles. The van der Waals surface area contributed by atoms with E-state index < -0.39 is 18.7 Å². The standard InChI is InChI=1S/C17H16ClNO5/c1-11(24-15-4-2-3-12(18)9-15)17(22)19-13-5-7-14(8-6-13)23-10-16(20)21/h2-9,11H,10H2,1H3,(H,19,22)(H,20,21)/t11-/m0/s1. The van der Waals surface area contributed by atoms with Crippen LogP contribution >= 0.6 is 11.6 Å². The van der Waals surface area contributed by atoms with Gasteiger partial charge in [-0.25, -0.2) is 4.79 Å². The van der Waals surface area contributed by atoms with Crippen LogP contribution in [0.15, 0.2) is 48.5 Å². The van der Waals surface area contributed by atoms with Crippen molar-refractivity contribution in [3.63, 3.8) is 0 Å². The summed E-state index contributed by atoms with van der Waals surface area (Å²) in [5, 5.41) is 11.8. The molecule has 7 heteroatoms. The summed E-state index contributed by atoms with van der Waals surface area (Å²) in [6.45, 7) is 1.21. The summed E-state index contributed by atoms with van der Waals surface area (Å²) in [5.74, 6) is -0.477. The zero-order chi connectivity index (χ0) is 17.5. The number of halogens is 1. The van der Waals surface area contributed by atoms with Crippen LogP contribution in [0.4, 0.5) is 5.69 Å². The average molecular weight is 350 g/mol. The Hall–Kier alpha value is -2.73. The number of benzene rings is 2. The van der Waals surface area contributed by atoms with Gasteiger partial charge in [-0.3, -0.25) is 4.79 Å². The van der Waals surface area contributed by atoms with Crippen LogP contribution in [0.5, 0.6) is 11.5 Å². The molecular weight excluding hydrogens is 334 g/mol. The van der Waals surface area contributed by atoms with Gasteiger partial charge < -0.3 is 19.9 Å². The Bertz CT molecular complexity index is 717. The summed E-state index contributed by atoms with van der Waals surface area (Å²) >= 11 is 5.87. The van der Waals surface area contributed by atoms with E-state index in [2.05, 4.69) is 5.32 Å². The van der Waals surface area contributed by atoms with Crippen LogP contribution in [0.2, 0.25) is 5.02 Å². The molecule has 0 fully saturated rings. The number of carboxylic acid groups (broad SMARTS) is 1. The number of aliphatic carboxylic acids is 1. The Morgan fingerprint density at radius 1 is 1.17 bits per heavy atom. The van der Waals surface area contributed by atoms with Gasteiger partial charge in [-0.15, -0.1) is 0 Å². The normalized spacial score (nSPS) is 11.4. The lowest BCUT2D eigenvalue weighted by Crippen LogP contribution is -2.30. The van der Waals surface area contributed by atoms with Crippen molar-refractivity contribution in [1.82, 2.24) is 0 Å². The molecule has 1 amide bonds. The summed E-state index contributed by atoms with van der Waals surface area (Å²) < 4.78 is 10.5. The Kier molecular flexibility index (Phi) is 6.03. The highest BCUT2D eigenvalue weighted by Crippen LogP contribution is 2.19. The molecule has 0 aliphatic rings. The van der Waals surface area contributed by atoms with E-state index in [1.54, 1.807) is 55.5 Å². The third kappa shape index (κ3) is 5.48. The molecule has 0 heterocycles. The lowest BCUT2D eigenvalue weighted by molar-refractivity contribution is -0.139. The van der Waals surface area contributed by atoms with Gasteiger partial charge in [0.25, 0.3) is 5.91 Å². The van der Waals surface area contributed by atoms with Crippen LogP contribution in [0.25, 0.3) is 0 Å². The molecule has 2 aromatic carbocycles. The second-order valence-corrected chi connectivity index (χ2v) is 5.35. The summed E-state index contributed by atoms with van der Waals surface area (Å²) in [7, 11) is 0. The maximum atomic E-state index is 12.1. The van der Waals surface area contributed by atoms with E-state index in [-0.39, 0.29) is 5.91 Å². The maximum absolute atomic E-state index is 12.1. The maximum Gasteiger partial charge on any atom is 0.341 e. The summed E-state index contributed by atoms with van der Waals surface area (Å²) in [6, 6.07) is 13.2. The van der Waals surface area contributed by atoms with Gasteiger partial charge >= 0.3 is 5.97 Å². The zero-order valence-corrected chi connectivity index (χ0v) is 13.6. The average Bonchev–Trinajstić information content (AvgIpc) is 2.54. The lowest BCUT2D eigenvalue weighted by atomic mass is 10.2. The van der Waals surface area contributed by atoms with Gasteiger partial charge in [-0.1, -0.05) is 17.7 Å². The monoisotopic (exact) mass is 349 g/mol. The van der Waals surface area contributed by atoms with Crippen molar-refractivity contribution in [2.75, 3.05) is 11.9 Å². The third-order valence-electron chi connectivity index (χ3n) is 2.96. The van der Waals surface area contributed by atoms with E-state index in [1.165, 1.54) is 0 Å².